The fourth-order valence-corrected chi connectivity index (χ4v) is 3.46. The molecule has 0 atom stereocenters. The maximum Gasteiger partial charge on any atom is 0.207 e. The predicted octanol–water partition coefficient (Wildman–Crippen LogP) is 5.27. The van der Waals surface area contributed by atoms with Crippen molar-refractivity contribution in [3.05, 3.63) is 65.6 Å². The van der Waals surface area contributed by atoms with Crippen molar-refractivity contribution < 1.29 is 9.47 Å². The highest BCUT2D eigenvalue weighted by atomic mass is 32.1. The number of anilines is 2. The fourth-order valence-electron chi connectivity index (χ4n) is 2.89. The molecule has 3 aromatic rings. The van der Waals surface area contributed by atoms with Crippen LogP contribution in [0.15, 0.2) is 54.2 Å². The van der Waals surface area contributed by atoms with Gasteiger partial charge in [-0.2, -0.15) is 9.36 Å². The number of hydrogen-bond donors (Lipinski definition) is 2. The number of allylic oxidation sites excluding steroid dienone is 1. The van der Waals surface area contributed by atoms with Crippen LogP contribution in [0.5, 0.6) is 11.5 Å². The summed E-state index contributed by atoms with van der Waals surface area (Å²) in [5, 5.41) is 7.46. The topological polar surface area (TPSA) is 68.3 Å². The Bertz CT molecular complexity index is 957. The molecule has 7 heteroatoms. The van der Waals surface area contributed by atoms with Crippen LogP contribution in [-0.2, 0) is 6.42 Å². The molecular formula is C23H28N4O2S. The summed E-state index contributed by atoms with van der Waals surface area (Å²) >= 11 is 1.35. The van der Waals surface area contributed by atoms with Gasteiger partial charge in [-0.3, -0.25) is 0 Å². The van der Waals surface area contributed by atoms with Crippen molar-refractivity contribution in [2.75, 3.05) is 25.1 Å². The fraction of sp³-hybridized carbons (Fsp3) is 0.304. The lowest BCUT2D eigenvalue weighted by Crippen LogP contribution is -2.15. The van der Waals surface area contributed by atoms with E-state index in [1.807, 2.05) is 63.2 Å². The molecule has 30 heavy (non-hydrogen) atoms. The molecular weight excluding hydrogens is 396 g/mol. The second-order valence-corrected chi connectivity index (χ2v) is 7.35. The van der Waals surface area contributed by atoms with Crippen LogP contribution in [-0.4, -0.2) is 29.1 Å². The minimum Gasteiger partial charge on any atom is -0.490 e. The zero-order chi connectivity index (χ0) is 21.2. The molecule has 6 nitrogen and oxygen atoms in total. The van der Waals surface area contributed by atoms with Gasteiger partial charge in [0.05, 0.1) is 13.2 Å². The van der Waals surface area contributed by atoms with Gasteiger partial charge < -0.3 is 20.1 Å². The van der Waals surface area contributed by atoms with Crippen molar-refractivity contribution in [2.45, 2.75) is 27.2 Å². The number of para-hydroxylation sites is 1. The summed E-state index contributed by atoms with van der Waals surface area (Å²) in [6, 6.07) is 16.1. The van der Waals surface area contributed by atoms with E-state index in [1.54, 1.807) is 0 Å². The van der Waals surface area contributed by atoms with E-state index in [2.05, 4.69) is 32.1 Å². The number of hydrogen-bond acceptors (Lipinski definition) is 7. The van der Waals surface area contributed by atoms with E-state index in [0.717, 1.165) is 41.0 Å². The molecule has 0 bridgehead atoms. The first-order valence-electron chi connectivity index (χ1n) is 10.1. The molecule has 3 rings (SSSR count). The van der Waals surface area contributed by atoms with Gasteiger partial charge >= 0.3 is 0 Å². The van der Waals surface area contributed by atoms with E-state index < -0.39 is 0 Å². The summed E-state index contributed by atoms with van der Waals surface area (Å²) in [4.78, 5) is 4.52. The third-order valence-electron chi connectivity index (χ3n) is 4.24. The van der Waals surface area contributed by atoms with E-state index in [0.29, 0.717) is 19.0 Å². The largest absolute Gasteiger partial charge is 0.490 e. The Hall–Kier alpha value is -3.06. The quantitative estimate of drug-likeness (QED) is 0.437. The Labute approximate surface area is 182 Å². The second-order valence-electron chi connectivity index (χ2n) is 6.60. The molecule has 0 aliphatic heterocycles. The van der Waals surface area contributed by atoms with Gasteiger partial charge in [0.1, 0.15) is 0 Å². The second kappa shape index (κ2) is 11.2. The molecule has 158 valence electrons. The summed E-state index contributed by atoms with van der Waals surface area (Å²) < 4.78 is 15.7. The third kappa shape index (κ3) is 6.49. The van der Waals surface area contributed by atoms with E-state index >= 15 is 0 Å². The van der Waals surface area contributed by atoms with Crippen LogP contribution in [0.4, 0.5) is 10.8 Å². The van der Waals surface area contributed by atoms with Gasteiger partial charge in [-0.05, 0) is 57.0 Å². The number of ether oxygens (including phenoxy) is 2. The zero-order valence-corrected chi connectivity index (χ0v) is 18.5. The average molecular weight is 425 g/mol. The molecule has 1 heterocycles. The van der Waals surface area contributed by atoms with Crippen LogP contribution in [0, 0.1) is 0 Å². The highest BCUT2D eigenvalue weighted by Gasteiger charge is 2.06. The number of rotatable bonds is 11. The molecule has 0 saturated heterocycles. The summed E-state index contributed by atoms with van der Waals surface area (Å²) in [5.74, 6) is 2.29. The minimum absolute atomic E-state index is 0.616. The summed E-state index contributed by atoms with van der Waals surface area (Å²) in [5.41, 5.74) is 3.22. The van der Waals surface area contributed by atoms with Crippen LogP contribution in [0.1, 0.15) is 32.2 Å². The number of nitrogens with one attached hydrogen (secondary N) is 2. The molecule has 2 aromatic carbocycles. The Balaban J connectivity index is 1.52. The molecule has 0 radical (unpaired) electrons. The highest BCUT2D eigenvalue weighted by Crippen LogP contribution is 2.28. The lowest BCUT2D eigenvalue weighted by molar-refractivity contribution is 0.287. The predicted molar refractivity (Wildman–Crippen MR) is 124 cm³/mol. The average Bonchev–Trinajstić information content (AvgIpc) is 3.17. The van der Waals surface area contributed by atoms with Gasteiger partial charge in [-0.15, -0.1) is 0 Å². The summed E-state index contributed by atoms with van der Waals surface area (Å²) in [6.45, 7) is 8.02. The van der Waals surface area contributed by atoms with Crippen molar-refractivity contribution in [1.82, 2.24) is 14.7 Å². The highest BCUT2D eigenvalue weighted by molar-refractivity contribution is 7.09. The molecule has 0 aliphatic rings. The van der Waals surface area contributed by atoms with Gasteiger partial charge in [-0.25, -0.2) is 0 Å². The smallest absolute Gasteiger partial charge is 0.207 e. The number of benzene rings is 2. The van der Waals surface area contributed by atoms with E-state index in [9.17, 15) is 0 Å². The maximum absolute atomic E-state index is 5.70. The summed E-state index contributed by atoms with van der Waals surface area (Å²) in [7, 11) is 0. The monoisotopic (exact) mass is 424 g/mol. The molecule has 2 N–H and O–H groups in total. The maximum atomic E-state index is 5.70. The van der Waals surface area contributed by atoms with Crippen molar-refractivity contribution in [3.63, 3.8) is 0 Å². The molecule has 0 unspecified atom stereocenters. The lowest BCUT2D eigenvalue weighted by atomic mass is 10.1. The summed E-state index contributed by atoms with van der Waals surface area (Å²) in [6.07, 6.45) is 2.83. The first kappa shape index (κ1) is 21.6. The Morgan fingerprint density at radius 3 is 2.57 bits per heavy atom. The standard InChI is InChI=1S/C23H28N4O2S/c1-4-28-20-12-11-18(16-21(20)29-5-2)13-14-24-17(3)15-22-26-23(30-27-22)25-19-9-7-6-8-10-19/h6-12,15-16,24H,4-5,13-14H2,1-3H3,(H,25,26,27). The molecule has 0 spiro atoms. The first-order chi connectivity index (χ1) is 14.7. The molecule has 0 aliphatic carbocycles. The minimum atomic E-state index is 0.616. The van der Waals surface area contributed by atoms with Crippen molar-refractivity contribution >= 4 is 28.4 Å². The van der Waals surface area contributed by atoms with Gasteiger partial charge in [0.2, 0.25) is 5.13 Å². The van der Waals surface area contributed by atoms with E-state index in [4.69, 9.17) is 9.47 Å². The van der Waals surface area contributed by atoms with Crippen LogP contribution >= 0.6 is 11.5 Å². The Morgan fingerprint density at radius 1 is 1.03 bits per heavy atom. The molecule has 0 fully saturated rings. The van der Waals surface area contributed by atoms with Crippen LogP contribution < -0.4 is 20.1 Å². The van der Waals surface area contributed by atoms with Crippen LogP contribution in [0.3, 0.4) is 0 Å². The number of nitrogens with zero attached hydrogens (tertiary/aromatic N) is 2. The first-order valence-corrected chi connectivity index (χ1v) is 10.9. The molecule has 0 saturated carbocycles. The normalized spacial score (nSPS) is 11.2. The Kier molecular flexibility index (Phi) is 8.09. The van der Waals surface area contributed by atoms with Gasteiger partial charge in [-0.1, -0.05) is 24.3 Å². The van der Waals surface area contributed by atoms with Crippen LogP contribution in [0.25, 0.3) is 6.08 Å². The Morgan fingerprint density at radius 2 is 1.80 bits per heavy atom. The van der Waals surface area contributed by atoms with Gasteiger partial charge in [0.15, 0.2) is 17.3 Å². The van der Waals surface area contributed by atoms with Crippen molar-refractivity contribution in [1.29, 1.82) is 0 Å². The van der Waals surface area contributed by atoms with Crippen LogP contribution in [0.2, 0.25) is 0 Å². The van der Waals surface area contributed by atoms with E-state index in [-0.39, 0.29) is 0 Å². The van der Waals surface area contributed by atoms with Crippen molar-refractivity contribution in [2.24, 2.45) is 0 Å². The zero-order valence-electron chi connectivity index (χ0n) is 17.6. The molecule has 0 amide bonds. The van der Waals surface area contributed by atoms with Gasteiger partial charge in [0.25, 0.3) is 0 Å². The third-order valence-corrected chi connectivity index (χ3v) is 4.88. The van der Waals surface area contributed by atoms with Gasteiger partial charge in [0, 0.05) is 35.5 Å². The lowest BCUT2D eigenvalue weighted by Gasteiger charge is -2.13. The molecule has 1 aromatic heterocycles. The van der Waals surface area contributed by atoms with Crippen molar-refractivity contribution in [3.8, 4) is 11.5 Å². The number of aromatic nitrogens is 2. The van der Waals surface area contributed by atoms with E-state index in [1.165, 1.54) is 17.1 Å². The SMILES string of the molecule is CCOc1ccc(CCNC(C)=Cc2nsc(Nc3ccccc3)n2)cc1OCC.